The van der Waals surface area contributed by atoms with Crippen molar-refractivity contribution >= 4 is 32.6 Å². The molecular formula is C19H21N3O3S2. The summed E-state index contributed by atoms with van der Waals surface area (Å²) in [5, 5.41) is 5.03. The van der Waals surface area contributed by atoms with Gasteiger partial charge < -0.3 is 5.32 Å². The zero-order chi connectivity index (χ0) is 19.0. The molecule has 1 N–H and O–H groups in total. The van der Waals surface area contributed by atoms with Crippen LogP contribution in [0.15, 0.2) is 47.1 Å². The highest BCUT2D eigenvalue weighted by atomic mass is 32.2. The van der Waals surface area contributed by atoms with Gasteiger partial charge in [0.15, 0.2) is 5.69 Å². The lowest BCUT2D eigenvalue weighted by Gasteiger charge is -2.23. The van der Waals surface area contributed by atoms with E-state index in [1.54, 1.807) is 35.7 Å². The zero-order valence-corrected chi connectivity index (χ0v) is 16.6. The predicted molar refractivity (Wildman–Crippen MR) is 105 cm³/mol. The van der Waals surface area contributed by atoms with Crippen molar-refractivity contribution in [2.45, 2.75) is 36.9 Å². The SMILES string of the molecule is CS(=O)(=O)c1nc(C(=O)NC(c2cccs2)C2CCCC2)c2ccccn12. The molecule has 4 rings (SSSR count). The van der Waals surface area contributed by atoms with Crippen LogP contribution in [0.4, 0.5) is 0 Å². The van der Waals surface area contributed by atoms with Crippen LogP contribution in [0.1, 0.15) is 47.1 Å². The third-order valence-corrected chi connectivity index (χ3v) is 6.98. The van der Waals surface area contributed by atoms with Gasteiger partial charge in [-0.25, -0.2) is 13.4 Å². The van der Waals surface area contributed by atoms with Gasteiger partial charge in [-0.15, -0.1) is 11.3 Å². The van der Waals surface area contributed by atoms with Crippen LogP contribution < -0.4 is 5.32 Å². The molecular weight excluding hydrogens is 382 g/mol. The molecule has 0 aromatic carbocycles. The van der Waals surface area contributed by atoms with Crippen molar-refractivity contribution in [1.29, 1.82) is 0 Å². The molecule has 1 fully saturated rings. The number of hydrogen-bond donors (Lipinski definition) is 1. The fourth-order valence-corrected chi connectivity index (χ4v) is 5.47. The summed E-state index contributed by atoms with van der Waals surface area (Å²) >= 11 is 1.63. The maximum Gasteiger partial charge on any atom is 0.272 e. The molecule has 27 heavy (non-hydrogen) atoms. The van der Waals surface area contributed by atoms with Gasteiger partial charge in [0.05, 0.1) is 11.6 Å². The summed E-state index contributed by atoms with van der Waals surface area (Å²) in [6.07, 6.45) is 7.23. The number of fused-ring (bicyclic) bond motifs is 1. The summed E-state index contributed by atoms with van der Waals surface area (Å²) in [6.45, 7) is 0. The third kappa shape index (κ3) is 3.51. The van der Waals surface area contributed by atoms with Crippen LogP contribution in [0, 0.1) is 5.92 Å². The van der Waals surface area contributed by atoms with Crippen molar-refractivity contribution in [2.75, 3.05) is 6.26 Å². The molecule has 1 unspecified atom stereocenters. The first kappa shape index (κ1) is 18.2. The average molecular weight is 404 g/mol. The minimum atomic E-state index is -3.56. The van der Waals surface area contributed by atoms with Crippen molar-refractivity contribution in [3.05, 3.63) is 52.5 Å². The van der Waals surface area contributed by atoms with Crippen LogP contribution in [-0.4, -0.2) is 30.0 Å². The Morgan fingerprint density at radius 3 is 2.70 bits per heavy atom. The number of carbonyl (C=O) groups is 1. The normalized spacial score (nSPS) is 16.6. The Morgan fingerprint density at radius 2 is 2.04 bits per heavy atom. The summed E-state index contributed by atoms with van der Waals surface area (Å²) in [6, 6.07) is 9.17. The number of imidazole rings is 1. The first-order valence-corrected chi connectivity index (χ1v) is 11.7. The van der Waals surface area contributed by atoms with Gasteiger partial charge >= 0.3 is 0 Å². The van der Waals surface area contributed by atoms with Gasteiger partial charge in [0.2, 0.25) is 15.0 Å². The van der Waals surface area contributed by atoms with Crippen LogP contribution >= 0.6 is 11.3 Å². The lowest BCUT2D eigenvalue weighted by atomic mass is 9.96. The second kappa shape index (κ2) is 7.09. The number of sulfone groups is 1. The molecule has 8 heteroatoms. The van der Waals surface area contributed by atoms with Gasteiger partial charge in [-0.2, -0.15) is 0 Å². The molecule has 1 atom stereocenters. The monoisotopic (exact) mass is 403 g/mol. The molecule has 6 nitrogen and oxygen atoms in total. The average Bonchev–Trinajstić information content (AvgIpc) is 3.39. The van der Waals surface area contributed by atoms with Crippen molar-refractivity contribution in [1.82, 2.24) is 14.7 Å². The number of amides is 1. The van der Waals surface area contributed by atoms with E-state index < -0.39 is 9.84 Å². The molecule has 0 saturated heterocycles. The topological polar surface area (TPSA) is 80.5 Å². The van der Waals surface area contributed by atoms with Gasteiger partial charge in [-0.05, 0) is 42.3 Å². The van der Waals surface area contributed by atoms with Crippen molar-refractivity contribution in [2.24, 2.45) is 5.92 Å². The van der Waals surface area contributed by atoms with E-state index in [0.717, 1.165) is 24.0 Å². The number of thiophene rings is 1. The summed E-state index contributed by atoms with van der Waals surface area (Å²) < 4.78 is 25.6. The van der Waals surface area contributed by atoms with Crippen molar-refractivity contribution in [3.63, 3.8) is 0 Å². The maximum atomic E-state index is 13.1. The van der Waals surface area contributed by atoms with Crippen LogP contribution in [0.3, 0.4) is 0 Å². The fourth-order valence-electron chi connectivity index (χ4n) is 3.83. The van der Waals surface area contributed by atoms with Gasteiger partial charge in [-0.3, -0.25) is 9.20 Å². The van der Waals surface area contributed by atoms with E-state index in [9.17, 15) is 13.2 Å². The molecule has 3 aromatic heterocycles. The smallest absolute Gasteiger partial charge is 0.272 e. The van der Waals surface area contributed by atoms with Gasteiger partial charge in [0.25, 0.3) is 5.91 Å². The highest BCUT2D eigenvalue weighted by molar-refractivity contribution is 7.90. The second-order valence-corrected chi connectivity index (χ2v) is 9.87. The van der Waals surface area contributed by atoms with Gasteiger partial charge in [0.1, 0.15) is 0 Å². The third-order valence-electron chi connectivity index (χ3n) is 5.07. The van der Waals surface area contributed by atoms with Crippen molar-refractivity contribution < 1.29 is 13.2 Å². The number of aromatic nitrogens is 2. The van der Waals surface area contributed by atoms with Crippen LogP contribution in [0.2, 0.25) is 0 Å². The number of carbonyl (C=O) groups excluding carboxylic acids is 1. The highest BCUT2D eigenvalue weighted by Gasteiger charge is 2.30. The summed E-state index contributed by atoms with van der Waals surface area (Å²) in [7, 11) is -3.56. The number of pyridine rings is 1. The Labute approximate surface area is 162 Å². The number of rotatable bonds is 5. The number of hydrogen-bond acceptors (Lipinski definition) is 5. The van der Waals surface area contributed by atoms with E-state index >= 15 is 0 Å². The Hall–Kier alpha value is -2.19. The Bertz CT molecular complexity index is 1070. The second-order valence-electron chi connectivity index (χ2n) is 6.98. The highest BCUT2D eigenvalue weighted by Crippen LogP contribution is 2.37. The lowest BCUT2D eigenvalue weighted by molar-refractivity contribution is 0.0919. The molecule has 3 heterocycles. The zero-order valence-electron chi connectivity index (χ0n) is 15.0. The minimum absolute atomic E-state index is 0.0675. The summed E-state index contributed by atoms with van der Waals surface area (Å²) in [5.74, 6) is 0.0646. The van der Waals surface area contributed by atoms with Crippen molar-refractivity contribution in [3.8, 4) is 0 Å². The molecule has 0 aliphatic heterocycles. The van der Waals surface area contributed by atoms with E-state index in [-0.39, 0.29) is 22.8 Å². The Morgan fingerprint density at radius 1 is 1.26 bits per heavy atom. The maximum absolute atomic E-state index is 13.1. The van der Waals surface area contributed by atoms with Gasteiger partial charge in [0, 0.05) is 17.3 Å². The number of nitrogens with zero attached hydrogens (tertiary/aromatic N) is 2. The minimum Gasteiger partial charge on any atom is -0.343 e. The standard InChI is InChI=1S/C19H21N3O3S2/c1-27(24,25)19-21-17(14-9-4-5-11-22(14)19)18(23)20-16(13-7-2-3-8-13)15-10-6-12-26-15/h4-6,9-13,16H,2-3,7-8H2,1H3,(H,20,23). The number of nitrogens with one attached hydrogen (secondary N) is 1. The summed E-state index contributed by atoms with van der Waals surface area (Å²) in [5.41, 5.74) is 0.641. The van der Waals surface area contributed by atoms with E-state index in [1.807, 2.05) is 17.5 Å². The first-order chi connectivity index (χ1) is 12.9. The molecule has 142 valence electrons. The van der Waals surface area contributed by atoms with Crippen LogP contribution in [0.5, 0.6) is 0 Å². The Kier molecular flexibility index (Phi) is 4.77. The molecule has 1 aliphatic rings. The molecule has 1 aliphatic carbocycles. The lowest BCUT2D eigenvalue weighted by Crippen LogP contribution is -2.32. The largest absolute Gasteiger partial charge is 0.343 e. The van der Waals surface area contributed by atoms with E-state index in [2.05, 4.69) is 10.3 Å². The first-order valence-electron chi connectivity index (χ1n) is 8.96. The van der Waals surface area contributed by atoms with Crippen LogP contribution in [-0.2, 0) is 9.84 Å². The molecule has 1 amide bonds. The molecule has 0 spiro atoms. The predicted octanol–water partition coefficient (Wildman–Crippen LogP) is 3.46. The molecule has 3 aromatic rings. The van der Waals surface area contributed by atoms with Gasteiger partial charge in [-0.1, -0.05) is 25.0 Å². The summed E-state index contributed by atoms with van der Waals surface area (Å²) in [4.78, 5) is 18.4. The van der Waals surface area contributed by atoms with E-state index in [0.29, 0.717) is 11.4 Å². The molecule has 1 saturated carbocycles. The van der Waals surface area contributed by atoms with Crippen LogP contribution in [0.25, 0.3) is 5.52 Å². The molecule has 0 radical (unpaired) electrons. The van der Waals surface area contributed by atoms with E-state index in [4.69, 9.17) is 0 Å². The Balaban J connectivity index is 1.72. The quantitative estimate of drug-likeness (QED) is 0.707. The van der Waals surface area contributed by atoms with E-state index in [1.165, 1.54) is 17.2 Å². The molecule has 0 bridgehead atoms. The fraction of sp³-hybridized carbons (Fsp3) is 0.368.